The molecule has 0 saturated carbocycles. The lowest BCUT2D eigenvalue weighted by atomic mass is 10.1. The lowest BCUT2D eigenvalue weighted by molar-refractivity contribution is 0.174. The Labute approximate surface area is 142 Å². The standard InChI is InChI=1S/C18H25FN2O3/c1-6-13(7-8-22-3)21-11-16(20-18(21)24-5)14-10-15(19)17(23-4)9-12(14)2/h9-11,13H,6-8H2,1-5H3. The number of rotatable bonds is 8. The Kier molecular flexibility index (Phi) is 6.20. The Bertz CT molecular complexity index is 685. The van der Waals surface area contributed by atoms with Crippen molar-refractivity contribution in [2.24, 2.45) is 0 Å². The Hall–Kier alpha value is -2.08. The van der Waals surface area contributed by atoms with E-state index >= 15 is 0 Å². The maximum Gasteiger partial charge on any atom is 0.296 e. The monoisotopic (exact) mass is 336 g/mol. The van der Waals surface area contributed by atoms with Gasteiger partial charge in [-0.3, -0.25) is 4.57 Å². The summed E-state index contributed by atoms with van der Waals surface area (Å²) < 4.78 is 31.7. The van der Waals surface area contributed by atoms with Crippen molar-refractivity contribution in [2.45, 2.75) is 32.7 Å². The predicted octanol–water partition coefficient (Wildman–Crippen LogP) is 4.00. The molecule has 0 aliphatic carbocycles. The average Bonchev–Trinajstić information content (AvgIpc) is 3.01. The first-order chi connectivity index (χ1) is 11.5. The zero-order valence-corrected chi connectivity index (χ0v) is 14.9. The maximum atomic E-state index is 14.1. The summed E-state index contributed by atoms with van der Waals surface area (Å²) in [5.74, 6) is -0.174. The second-order valence-corrected chi connectivity index (χ2v) is 5.67. The number of hydrogen-bond acceptors (Lipinski definition) is 4. The highest BCUT2D eigenvalue weighted by Gasteiger charge is 2.19. The van der Waals surface area contributed by atoms with Gasteiger partial charge in [-0.15, -0.1) is 0 Å². The second-order valence-electron chi connectivity index (χ2n) is 5.67. The van der Waals surface area contributed by atoms with Crippen LogP contribution >= 0.6 is 0 Å². The van der Waals surface area contributed by atoms with E-state index in [2.05, 4.69) is 11.9 Å². The van der Waals surface area contributed by atoms with Gasteiger partial charge in [0.1, 0.15) is 0 Å². The van der Waals surface area contributed by atoms with E-state index in [0.717, 1.165) is 24.0 Å². The van der Waals surface area contributed by atoms with Crippen molar-refractivity contribution in [3.8, 4) is 23.0 Å². The summed E-state index contributed by atoms with van der Waals surface area (Å²) in [6, 6.07) is 3.86. The highest BCUT2D eigenvalue weighted by Crippen LogP contribution is 2.32. The van der Waals surface area contributed by atoms with Gasteiger partial charge < -0.3 is 14.2 Å². The van der Waals surface area contributed by atoms with Crippen LogP contribution in [-0.2, 0) is 4.74 Å². The molecule has 0 spiro atoms. The van der Waals surface area contributed by atoms with Crippen LogP contribution in [0.5, 0.6) is 11.8 Å². The first kappa shape index (κ1) is 18.3. The normalized spacial score (nSPS) is 12.2. The number of ether oxygens (including phenoxy) is 3. The van der Waals surface area contributed by atoms with Crippen LogP contribution in [0.3, 0.4) is 0 Å². The van der Waals surface area contributed by atoms with Crippen molar-refractivity contribution in [2.75, 3.05) is 27.9 Å². The van der Waals surface area contributed by atoms with Crippen LogP contribution in [0.2, 0.25) is 0 Å². The van der Waals surface area contributed by atoms with Crippen LogP contribution in [0.4, 0.5) is 4.39 Å². The van der Waals surface area contributed by atoms with Gasteiger partial charge in [-0.1, -0.05) is 6.92 Å². The summed E-state index contributed by atoms with van der Waals surface area (Å²) in [6.07, 6.45) is 3.69. The van der Waals surface area contributed by atoms with E-state index in [1.807, 2.05) is 17.7 Å². The molecule has 132 valence electrons. The first-order valence-electron chi connectivity index (χ1n) is 8.01. The number of nitrogens with zero attached hydrogens (tertiary/aromatic N) is 2. The molecule has 1 aromatic carbocycles. The molecule has 0 aliphatic rings. The largest absolute Gasteiger partial charge is 0.494 e. The van der Waals surface area contributed by atoms with E-state index < -0.39 is 5.82 Å². The Morgan fingerprint density at radius 1 is 1.21 bits per heavy atom. The van der Waals surface area contributed by atoms with Gasteiger partial charge in [0.05, 0.1) is 19.9 Å². The minimum atomic E-state index is -0.405. The minimum absolute atomic E-state index is 0.213. The molecule has 0 N–H and O–H groups in total. The van der Waals surface area contributed by atoms with Crippen LogP contribution in [0.25, 0.3) is 11.3 Å². The Morgan fingerprint density at radius 2 is 1.96 bits per heavy atom. The van der Waals surface area contributed by atoms with Gasteiger partial charge in [-0.2, -0.15) is 4.98 Å². The third-order valence-electron chi connectivity index (χ3n) is 4.18. The summed E-state index contributed by atoms with van der Waals surface area (Å²) in [4.78, 5) is 4.53. The fourth-order valence-corrected chi connectivity index (χ4v) is 2.80. The number of halogens is 1. The number of aromatic nitrogens is 2. The van der Waals surface area contributed by atoms with Gasteiger partial charge in [-0.05, 0) is 37.5 Å². The van der Waals surface area contributed by atoms with Gasteiger partial charge >= 0.3 is 0 Å². The number of methoxy groups -OCH3 is 3. The van der Waals surface area contributed by atoms with E-state index in [9.17, 15) is 4.39 Å². The predicted molar refractivity (Wildman–Crippen MR) is 91.3 cm³/mol. The summed E-state index contributed by atoms with van der Waals surface area (Å²) in [7, 11) is 4.73. The molecule has 1 atom stereocenters. The molecule has 0 radical (unpaired) electrons. The fourth-order valence-electron chi connectivity index (χ4n) is 2.80. The molecule has 2 aromatic rings. The minimum Gasteiger partial charge on any atom is -0.494 e. The molecule has 1 heterocycles. The van der Waals surface area contributed by atoms with Crippen molar-refractivity contribution in [1.82, 2.24) is 9.55 Å². The molecule has 0 bridgehead atoms. The number of benzene rings is 1. The third-order valence-corrected chi connectivity index (χ3v) is 4.18. The highest BCUT2D eigenvalue weighted by molar-refractivity contribution is 5.65. The van der Waals surface area contributed by atoms with E-state index in [4.69, 9.17) is 14.2 Å². The van der Waals surface area contributed by atoms with Gasteiger partial charge in [0.15, 0.2) is 11.6 Å². The van der Waals surface area contributed by atoms with Crippen LogP contribution < -0.4 is 9.47 Å². The molecule has 0 saturated heterocycles. The van der Waals surface area contributed by atoms with Crippen molar-refractivity contribution in [3.05, 3.63) is 29.7 Å². The highest BCUT2D eigenvalue weighted by atomic mass is 19.1. The molecule has 0 fully saturated rings. The number of imidazole rings is 1. The van der Waals surface area contributed by atoms with Gasteiger partial charge in [-0.25, -0.2) is 4.39 Å². The molecule has 1 aromatic heterocycles. The average molecular weight is 336 g/mol. The van der Waals surface area contributed by atoms with Crippen molar-refractivity contribution >= 4 is 0 Å². The third kappa shape index (κ3) is 3.70. The maximum absolute atomic E-state index is 14.1. The van der Waals surface area contributed by atoms with Crippen molar-refractivity contribution in [1.29, 1.82) is 0 Å². The summed E-state index contributed by atoms with van der Waals surface area (Å²) in [5.41, 5.74) is 2.30. The Balaban J connectivity index is 2.44. The summed E-state index contributed by atoms with van der Waals surface area (Å²) in [5, 5.41) is 0. The number of hydrogen-bond donors (Lipinski definition) is 0. The Morgan fingerprint density at radius 3 is 2.54 bits per heavy atom. The SMILES string of the molecule is CCC(CCOC)n1cc(-c2cc(F)c(OC)cc2C)nc1OC. The zero-order valence-electron chi connectivity index (χ0n) is 14.9. The molecule has 5 nitrogen and oxygen atoms in total. The van der Waals surface area contributed by atoms with E-state index in [-0.39, 0.29) is 11.8 Å². The molecule has 6 heteroatoms. The van der Waals surface area contributed by atoms with Crippen molar-refractivity contribution < 1.29 is 18.6 Å². The molecular weight excluding hydrogens is 311 g/mol. The van der Waals surface area contributed by atoms with Crippen molar-refractivity contribution in [3.63, 3.8) is 0 Å². The zero-order chi connectivity index (χ0) is 17.7. The van der Waals surface area contributed by atoms with E-state index in [1.165, 1.54) is 13.2 Å². The van der Waals surface area contributed by atoms with Gasteiger partial charge in [0, 0.05) is 31.5 Å². The fraction of sp³-hybridized carbons (Fsp3) is 0.500. The summed E-state index contributed by atoms with van der Waals surface area (Å²) >= 11 is 0. The number of aryl methyl sites for hydroxylation is 1. The molecular formula is C18H25FN2O3. The topological polar surface area (TPSA) is 45.5 Å². The molecule has 0 amide bonds. The first-order valence-corrected chi connectivity index (χ1v) is 8.01. The molecule has 0 aliphatic heterocycles. The lowest BCUT2D eigenvalue weighted by Gasteiger charge is -2.17. The second kappa shape index (κ2) is 8.15. The lowest BCUT2D eigenvalue weighted by Crippen LogP contribution is -2.11. The summed E-state index contributed by atoms with van der Waals surface area (Å²) in [6.45, 7) is 4.67. The quantitative estimate of drug-likeness (QED) is 0.731. The molecule has 24 heavy (non-hydrogen) atoms. The van der Waals surface area contributed by atoms with Crippen LogP contribution in [0, 0.1) is 12.7 Å². The van der Waals surface area contributed by atoms with E-state index in [0.29, 0.717) is 18.3 Å². The molecule has 1 unspecified atom stereocenters. The van der Waals surface area contributed by atoms with Crippen LogP contribution in [0.15, 0.2) is 18.3 Å². The van der Waals surface area contributed by atoms with Gasteiger partial charge in [0.2, 0.25) is 0 Å². The smallest absolute Gasteiger partial charge is 0.296 e. The van der Waals surface area contributed by atoms with E-state index in [1.54, 1.807) is 20.3 Å². The van der Waals surface area contributed by atoms with Gasteiger partial charge in [0.25, 0.3) is 6.01 Å². The van der Waals surface area contributed by atoms with Crippen LogP contribution in [0.1, 0.15) is 31.4 Å². The molecule has 2 rings (SSSR count). The van der Waals surface area contributed by atoms with Crippen LogP contribution in [-0.4, -0.2) is 37.5 Å².